The van der Waals surface area contributed by atoms with E-state index in [1.165, 1.54) is 18.0 Å². The molecule has 0 saturated carbocycles. The number of nitriles is 1. The monoisotopic (exact) mass is 538 g/mol. The molecule has 7 nitrogen and oxygen atoms in total. The van der Waals surface area contributed by atoms with Crippen LogP contribution in [0.15, 0.2) is 93.2 Å². The Hall–Kier alpha value is -3.64. The fourth-order valence-corrected chi connectivity index (χ4v) is 4.81. The molecule has 0 radical (unpaired) electrons. The number of nitrogens with zero attached hydrogens (tertiary/aromatic N) is 1. The van der Waals surface area contributed by atoms with Gasteiger partial charge in [0.05, 0.1) is 40.2 Å². The molecule has 2 aromatic carbocycles. The molecule has 1 aromatic heterocycles. The maximum Gasteiger partial charge on any atom is 0.254 e. The zero-order valence-electron chi connectivity index (χ0n) is 19.0. The molecule has 3 N–H and O–H groups in total. The van der Waals surface area contributed by atoms with Gasteiger partial charge >= 0.3 is 0 Å². The lowest BCUT2D eigenvalue weighted by Gasteiger charge is -2.28. The van der Waals surface area contributed by atoms with Crippen LogP contribution in [0.1, 0.15) is 18.6 Å². The summed E-state index contributed by atoms with van der Waals surface area (Å²) < 4.78 is 5.62. The number of halogens is 2. The highest BCUT2D eigenvalue weighted by Crippen LogP contribution is 2.41. The Morgan fingerprint density at radius 3 is 2.19 bits per heavy atom. The van der Waals surface area contributed by atoms with Crippen molar-refractivity contribution in [3.05, 3.63) is 105 Å². The summed E-state index contributed by atoms with van der Waals surface area (Å²) in [6.45, 7) is 1.75. The van der Waals surface area contributed by atoms with Gasteiger partial charge in [-0.05, 0) is 67.6 Å². The number of benzene rings is 2. The van der Waals surface area contributed by atoms with E-state index in [1.807, 2.05) is 0 Å². The van der Waals surface area contributed by atoms with Crippen molar-refractivity contribution in [2.24, 2.45) is 0 Å². The summed E-state index contributed by atoms with van der Waals surface area (Å²) in [4.78, 5) is 25.9. The van der Waals surface area contributed by atoms with Gasteiger partial charge in [-0.25, -0.2) is 0 Å². The Kier molecular flexibility index (Phi) is 8.06. The average Bonchev–Trinajstić information content (AvgIpc) is 3.39. The Morgan fingerprint density at radius 1 is 1.03 bits per heavy atom. The fourth-order valence-electron chi connectivity index (χ4n) is 3.67. The maximum atomic E-state index is 13.3. The van der Waals surface area contributed by atoms with E-state index in [1.54, 1.807) is 67.6 Å². The van der Waals surface area contributed by atoms with Crippen molar-refractivity contribution in [1.29, 1.82) is 5.26 Å². The first kappa shape index (κ1) is 25.5. The summed E-state index contributed by atoms with van der Waals surface area (Å²) in [6.07, 6.45) is 1.49. The van der Waals surface area contributed by atoms with Crippen LogP contribution in [0.4, 0.5) is 11.4 Å². The minimum absolute atomic E-state index is 0.0423. The van der Waals surface area contributed by atoms with Gasteiger partial charge in [0.2, 0.25) is 5.91 Å². The Morgan fingerprint density at radius 2 is 1.64 bits per heavy atom. The van der Waals surface area contributed by atoms with Crippen molar-refractivity contribution in [2.45, 2.75) is 12.8 Å². The zero-order valence-corrected chi connectivity index (χ0v) is 21.3. The van der Waals surface area contributed by atoms with Gasteiger partial charge in [0, 0.05) is 27.1 Å². The minimum atomic E-state index is -0.750. The lowest BCUT2D eigenvalue weighted by Crippen LogP contribution is -2.31. The van der Waals surface area contributed by atoms with Gasteiger partial charge in [0.25, 0.3) is 5.91 Å². The Labute approximate surface area is 222 Å². The molecule has 0 spiro atoms. The largest absolute Gasteiger partial charge is 0.468 e. The van der Waals surface area contributed by atoms with E-state index in [9.17, 15) is 14.9 Å². The molecule has 2 amide bonds. The number of nitrogens with one attached hydrogen (secondary N) is 3. The Bertz CT molecular complexity index is 1380. The van der Waals surface area contributed by atoms with E-state index in [4.69, 9.17) is 27.6 Å². The molecule has 0 fully saturated rings. The number of anilines is 2. The highest BCUT2D eigenvalue weighted by molar-refractivity contribution is 8.03. The van der Waals surface area contributed by atoms with Crippen LogP contribution in [0.3, 0.4) is 0 Å². The van der Waals surface area contributed by atoms with Crippen LogP contribution >= 0.6 is 35.0 Å². The summed E-state index contributed by atoms with van der Waals surface area (Å²) in [7, 11) is 0. The van der Waals surface area contributed by atoms with Gasteiger partial charge in [-0.3, -0.25) is 9.59 Å². The van der Waals surface area contributed by atoms with Crippen LogP contribution in [0.2, 0.25) is 10.0 Å². The average molecular weight is 539 g/mol. The number of rotatable bonds is 7. The molecule has 1 atom stereocenters. The summed E-state index contributed by atoms with van der Waals surface area (Å²) in [5.74, 6) is -0.907. The first-order valence-electron chi connectivity index (χ1n) is 10.8. The maximum absolute atomic E-state index is 13.3. The molecule has 0 saturated heterocycles. The van der Waals surface area contributed by atoms with Gasteiger partial charge in [0.15, 0.2) is 0 Å². The first-order valence-corrected chi connectivity index (χ1v) is 12.5. The summed E-state index contributed by atoms with van der Waals surface area (Å²) in [6, 6.07) is 19.1. The van der Waals surface area contributed by atoms with Crippen molar-refractivity contribution < 1.29 is 14.0 Å². The van der Waals surface area contributed by atoms with Gasteiger partial charge in [-0.2, -0.15) is 5.26 Å². The first-order chi connectivity index (χ1) is 17.4. The molecular weight excluding hydrogens is 519 g/mol. The molecule has 3 aromatic rings. The number of allylic oxidation sites excluding steroid dienone is 2. The van der Waals surface area contributed by atoms with E-state index in [0.29, 0.717) is 43.5 Å². The third-order valence-electron chi connectivity index (χ3n) is 5.30. The molecule has 0 aliphatic carbocycles. The topological polar surface area (TPSA) is 107 Å². The predicted molar refractivity (Wildman–Crippen MR) is 143 cm³/mol. The van der Waals surface area contributed by atoms with Crippen LogP contribution in [0.25, 0.3) is 0 Å². The van der Waals surface area contributed by atoms with Crippen LogP contribution in [0, 0.1) is 11.3 Å². The standard InChI is InChI=1S/C26H20Cl2N4O3S/c1-15-23(25(34)32-19-10-6-17(28)7-11-19)24(21-3-2-12-35-21)20(13-29)26(30-15)36-14-22(33)31-18-8-4-16(27)5-9-18/h2-12,24,30H,14H2,1H3,(H,31,33)(H,32,34)/t24-/m0/s1. The summed E-state index contributed by atoms with van der Waals surface area (Å²) in [5.41, 5.74) is 2.33. The second-order valence-electron chi connectivity index (χ2n) is 7.77. The van der Waals surface area contributed by atoms with Crippen molar-refractivity contribution in [1.82, 2.24) is 5.32 Å². The molecule has 1 aliphatic rings. The second kappa shape index (κ2) is 11.4. The van der Waals surface area contributed by atoms with Crippen LogP contribution in [-0.4, -0.2) is 17.6 Å². The highest BCUT2D eigenvalue weighted by atomic mass is 35.5. The molecule has 0 bridgehead atoms. The number of thioether (sulfide) groups is 1. The minimum Gasteiger partial charge on any atom is -0.468 e. The van der Waals surface area contributed by atoms with E-state index < -0.39 is 5.92 Å². The molecule has 2 heterocycles. The van der Waals surface area contributed by atoms with Gasteiger partial charge in [0.1, 0.15) is 5.76 Å². The highest BCUT2D eigenvalue weighted by Gasteiger charge is 2.36. The quantitative estimate of drug-likeness (QED) is 0.326. The van der Waals surface area contributed by atoms with E-state index >= 15 is 0 Å². The van der Waals surface area contributed by atoms with Crippen LogP contribution < -0.4 is 16.0 Å². The number of hydrogen-bond acceptors (Lipinski definition) is 6. The number of amides is 2. The number of carbonyl (C=O) groups is 2. The molecular formula is C26H20Cl2N4O3S. The number of carbonyl (C=O) groups excluding carboxylic acids is 2. The second-order valence-corrected chi connectivity index (χ2v) is 9.63. The SMILES string of the molecule is CC1=C(C(=O)Nc2ccc(Cl)cc2)[C@H](c2ccco2)C(C#N)=C(SCC(=O)Nc2ccc(Cl)cc2)N1. The van der Waals surface area contributed by atoms with Gasteiger partial charge < -0.3 is 20.4 Å². The van der Waals surface area contributed by atoms with Crippen molar-refractivity contribution in [3.63, 3.8) is 0 Å². The molecule has 0 unspecified atom stereocenters. The third-order valence-corrected chi connectivity index (χ3v) is 6.82. The third kappa shape index (κ3) is 5.94. The molecule has 1 aliphatic heterocycles. The van der Waals surface area contributed by atoms with E-state index in [2.05, 4.69) is 22.0 Å². The molecule has 182 valence electrons. The predicted octanol–water partition coefficient (Wildman–Crippen LogP) is 6.29. The van der Waals surface area contributed by atoms with E-state index in [-0.39, 0.29) is 23.1 Å². The van der Waals surface area contributed by atoms with Gasteiger partial charge in [-0.1, -0.05) is 35.0 Å². The number of furan rings is 1. The zero-order chi connectivity index (χ0) is 25.7. The number of dihydropyridines is 1. The summed E-state index contributed by atoms with van der Waals surface area (Å²) >= 11 is 13.0. The van der Waals surface area contributed by atoms with Crippen molar-refractivity contribution in [3.8, 4) is 6.07 Å². The molecule has 10 heteroatoms. The molecule has 36 heavy (non-hydrogen) atoms. The lowest BCUT2D eigenvalue weighted by atomic mass is 9.85. The lowest BCUT2D eigenvalue weighted by molar-refractivity contribution is -0.114. The molecule has 4 rings (SSSR count). The van der Waals surface area contributed by atoms with Crippen LogP contribution in [0.5, 0.6) is 0 Å². The van der Waals surface area contributed by atoms with E-state index in [0.717, 1.165) is 0 Å². The number of hydrogen-bond donors (Lipinski definition) is 3. The normalized spacial score (nSPS) is 15.2. The summed E-state index contributed by atoms with van der Waals surface area (Å²) in [5, 5.41) is 20.5. The fraction of sp³-hybridized carbons (Fsp3) is 0.115. The Balaban J connectivity index is 1.57. The smallest absolute Gasteiger partial charge is 0.254 e. The van der Waals surface area contributed by atoms with Crippen molar-refractivity contribution in [2.75, 3.05) is 16.4 Å². The van der Waals surface area contributed by atoms with Crippen molar-refractivity contribution >= 4 is 58.2 Å². The van der Waals surface area contributed by atoms with Gasteiger partial charge in [-0.15, -0.1) is 0 Å². The van der Waals surface area contributed by atoms with Crippen LogP contribution in [-0.2, 0) is 9.59 Å².